The minimum Gasteiger partial charge on any atom is -0.380 e. The summed E-state index contributed by atoms with van der Waals surface area (Å²) in [7, 11) is 0. The van der Waals surface area contributed by atoms with Crippen LogP contribution in [0.3, 0.4) is 0 Å². The van der Waals surface area contributed by atoms with Crippen molar-refractivity contribution in [1.82, 2.24) is 0 Å². The summed E-state index contributed by atoms with van der Waals surface area (Å²) >= 11 is 3.98. The highest BCUT2D eigenvalue weighted by atomic mass is 32.2. The van der Waals surface area contributed by atoms with Crippen LogP contribution in [0.15, 0.2) is 0 Å². The molecule has 14 heavy (non-hydrogen) atoms. The topological polar surface area (TPSA) is 18.5 Å². The molecule has 2 unspecified atom stereocenters. The lowest BCUT2D eigenvalue weighted by Crippen LogP contribution is -2.16. The third-order valence-electron chi connectivity index (χ3n) is 2.22. The third kappa shape index (κ3) is 4.91. The third-order valence-corrected chi connectivity index (χ3v) is 4.10. The minimum atomic E-state index is 0.544. The Morgan fingerprint density at radius 3 is 1.86 bits per heavy atom. The van der Waals surface area contributed by atoms with Crippen LogP contribution >= 0.6 is 23.5 Å². The van der Waals surface area contributed by atoms with Gasteiger partial charge in [0.2, 0.25) is 0 Å². The van der Waals surface area contributed by atoms with Crippen molar-refractivity contribution in [3.63, 3.8) is 0 Å². The van der Waals surface area contributed by atoms with Crippen molar-refractivity contribution in [3.05, 3.63) is 0 Å². The van der Waals surface area contributed by atoms with Gasteiger partial charge in [-0.05, 0) is 0 Å². The lowest BCUT2D eigenvalue weighted by atomic mass is 10.2. The van der Waals surface area contributed by atoms with Gasteiger partial charge < -0.3 is 9.47 Å². The molecule has 0 aliphatic carbocycles. The van der Waals surface area contributed by atoms with Gasteiger partial charge in [0.05, 0.1) is 26.4 Å². The molecule has 2 nitrogen and oxygen atoms in total. The van der Waals surface area contributed by atoms with E-state index in [0.717, 1.165) is 36.9 Å². The molecule has 0 aromatic carbocycles. The van der Waals surface area contributed by atoms with Crippen LogP contribution in [0.25, 0.3) is 0 Å². The highest BCUT2D eigenvalue weighted by molar-refractivity contribution is 8.07. The van der Waals surface area contributed by atoms with Crippen LogP contribution in [0.2, 0.25) is 0 Å². The monoisotopic (exact) mass is 234 g/mol. The van der Waals surface area contributed by atoms with Crippen molar-refractivity contribution in [1.29, 1.82) is 0 Å². The molecule has 0 spiro atoms. The van der Waals surface area contributed by atoms with Crippen LogP contribution < -0.4 is 0 Å². The minimum absolute atomic E-state index is 0.544. The average molecular weight is 234 g/mol. The zero-order chi connectivity index (χ0) is 9.80. The van der Waals surface area contributed by atoms with E-state index >= 15 is 0 Å². The summed E-state index contributed by atoms with van der Waals surface area (Å²) < 4.78 is 11.2. The Bertz CT molecular complexity index is 152. The summed E-state index contributed by atoms with van der Waals surface area (Å²) in [6, 6.07) is 0. The summed E-state index contributed by atoms with van der Waals surface area (Å²) in [4.78, 5) is 0. The maximum Gasteiger partial charge on any atom is 0.0593 e. The van der Waals surface area contributed by atoms with E-state index in [1.165, 1.54) is 11.5 Å². The van der Waals surface area contributed by atoms with Crippen molar-refractivity contribution in [3.8, 4) is 0 Å². The largest absolute Gasteiger partial charge is 0.380 e. The van der Waals surface area contributed by atoms with Crippen LogP contribution in [0, 0.1) is 5.92 Å². The van der Waals surface area contributed by atoms with Gasteiger partial charge in [-0.25, -0.2) is 0 Å². The van der Waals surface area contributed by atoms with Crippen molar-refractivity contribution in [2.24, 2.45) is 5.92 Å². The molecule has 2 rings (SSSR count). The van der Waals surface area contributed by atoms with Crippen molar-refractivity contribution >= 4 is 23.5 Å². The molecule has 2 fully saturated rings. The summed E-state index contributed by atoms with van der Waals surface area (Å²) in [5.41, 5.74) is 0. The van der Waals surface area contributed by atoms with Crippen molar-refractivity contribution < 1.29 is 9.47 Å². The molecule has 0 radical (unpaired) electrons. The van der Waals surface area contributed by atoms with Gasteiger partial charge in [-0.15, -0.1) is 0 Å². The van der Waals surface area contributed by atoms with Crippen molar-refractivity contribution in [2.75, 3.05) is 37.9 Å². The van der Waals surface area contributed by atoms with E-state index in [0.29, 0.717) is 5.92 Å². The zero-order valence-corrected chi connectivity index (χ0v) is 10.2. The van der Waals surface area contributed by atoms with Crippen LogP contribution in [-0.4, -0.2) is 48.4 Å². The van der Waals surface area contributed by atoms with E-state index in [4.69, 9.17) is 9.47 Å². The molecule has 2 atom stereocenters. The molecule has 2 aliphatic heterocycles. The van der Waals surface area contributed by atoms with Crippen molar-refractivity contribution in [2.45, 2.75) is 17.4 Å². The smallest absolute Gasteiger partial charge is 0.0593 e. The van der Waals surface area contributed by atoms with Gasteiger partial charge >= 0.3 is 0 Å². The summed E-state index contributed by atoms with van der Waals surface area (Å²) in [6.45, 7) is 5.78. The van der Waals surface area contributed by atoms with E-state index in [-0.39, 0.29) is 0 Å². The van der Waals surface area contributed by atoms with E-state index < -0.39 is 0 Å². The molecular weight excluding hydrogens is 216 g/mol. The molecule has 0 amide bonds. The summed E-state index contributed by atoms with van der Waals surface area (Å²) in [5, 5.41) is 1.59. The Balaban J connectivity index is 1.38. The standard InChI is InChI=1S/C10H18O2S2/c1-8(2-11-4-9-6-13-9)3-12-5-10-7-14-10/h8-10H,2-7H2,1H3. The molecule has 4 heteroatoms. The SMILES string of the molecule is CC(COCC1CS1)COCC1CS1. The van der Waals surface area contributed by atoms with Gasteiger partial charge in [0, 0.05) is 27.9 Å². The number of ether oxygens (including phenoxy) is 2. The van der Waals surface area contributed by atoms with Crippen LogP contribution in [0.1, 0.15) is 6.92 Å². The molecule has 0 N–H and O–H groups in total. The van der Waals surface area contributed by atoms with E-state index in [1.807, 2.05) is 23.5 Å². The highest BCUT2D eigenvalue weighted by Gasteiger charge is 2.23. The second kappa shape index (κ2) is 5.64. The lowest BCUT2D eigenvalue weighted by molar-refractivity contribution is 0.0513. The van der Waals surface area contributed by atoms with Crippen LogP contribution in [0.5, 0.6) is 0 Å². The number of hydrogen-bond acceptors (Lipinski definition) is 4. The molecule has 0 aromatic heterocycles. The second-order valence-corrected chi connectivity index (χ2v) is 6.76. The first kappa shape index (κ1) is 11.1. The normalized spacial score (nSPS) is 31.5. The van der Waals surface area contributed by atoms with Gasteiger partial charge in [0.25, 0.3) is 0 Å². The van der Waals surface area contributed by atoms with Gasteiger partial charge in [-0.3, -0.25) is 0 Å². The Morgan fingerprint density at radius 1 is 1.07 bits per heavy atom. The van der Waals surface area contributed by atoms with Gasteiger partial charge in [0.1, 0.15) is 0 Å². The predicted molar refractivity (Wildman–Crippen MR) is 63.3 cm³/mol. The molecular formula is C10H18O2S2. The van der Waals surface area contributed by atoms with E-state index in [1.54, 1.807) is 0 Å². The Labute approximate surface area is 94.5 Å². The van der Waals surface area contributed by atoms with Gasteiger partial charge in [-0.1, -0.05) is 6.92 Å². The second-order valence-electron chi connectivity index (χ2n) is 4.09. The summed E-state index contributed by atoms with van der Waals surface area (Å²) in [6.07, 6.45) is 0. The fraction of sp³-hybridized carbons (Fsp3) is 1.00. The first-order valence-corrected chi connectivity index (χ1v) is 7.33. The zero-order valence-electron chi connectivity index (χ0n) is 8.61. The number of thioether (sulfide) groups is 2. The Morgan fingerprint density at radius 2 is 1.50 bits per heavy atom. The molecule has 0 aromatic rings. The molecule has 82 valence electrons. The Kier molecular flexibility index (Phi) is 4.47. The maximum absolute atomic E-state index is 5.59. The number of rotatable bonds is 8. The molecule has 2 saturated heterocycles. The first-order chi connectivity index (χ1) is 6.84. The number of hydrogen-bond donors (Lipinski definition) is 0. The fourth-order valence-electron chi connectivity index (χ4n) is 1.18. The maximum atomic E-state index is 5.59. The van der Waals surface area contributed by atoms with E-state index in [2.05, 4.69) is 6.92 Å². The highest BCUT2D eigenvalue weighted by Crippen LogP contribution is 2.30. The van der Waals surface area contributed by atoms with Crippen LogP contribution in [0.4, 0.5) is 0 Å². The molecule has 2 heterocycles. The predicted octanol–water partition coefficient (Wildman–Crippen LogP) is 1.89. The lowest BCUT2D eigenvalue weighted by Gasteiger charge is -2.11. The van der Waals surface area contributed by atoms with Gasteiger partial charge in [0.15, 0.2) is 0 Å². The fourth-order valence-corrected chi connectivity index (χ4v) is 2.03. The van der Waals surface area contributed by atoms with E-state index in [9.17, 15) is 0 Å². The van der Waals surface area contributed by atoms with Crippen LogP contribution in [-0.2, 0) is 9.47 Å². The average Bonchev–Trinajstić information content (AvgIpc) is 2.99. The first-order valence-electron chi connectivity index (χ1n) is 5.23. The molecule has 0 saturated carbocycles. The Hall–Kier alpha value is 0.620. The quantitative estimate of drug-likeness (QED) is 0.597. The van der Waals surface area contributed by atoms with Gasteiger partial charge in [-0.2, -0.15) is 23.5 Å². The molecule has 0 bridgehead atoms. The molecule has 2 aliphatic rings. The summed E-state index contributed by atoms with van der Waals surface area (Å²) in [5.74, 6) is 3.13.